The standard InChI is InChI=1S/C47H61F3N6O8/c1-35-36(14-11-15-40(35)37-12-5-2-6-13-37)16-17-38-27-42(39(26-41(38)47(48,49)50)28-52-19-8-4-9-20-52)64-25-10-3-7-18-51-43(57)29-56-33-54(31-45(60)61)23-21-53(30-44(58)59)22-24-55(34-56)32-46(62)63/h2,5-6,11-17,26-27H,3-4,7-10,18-25,28-34H2,1H3,(H,51,57)(H,58,59)(H,60,61)(H,62,63)/b17-16+. The molecule has 0 bridgehead atoms. The van der Waals surface area contributed by atoms with Crippen LogP contribution in [0.4, 0.5) is 13.2 Å². The van der Waals surface area contributed by atoms with Crippen LogP contribution < -0.4 is 10.1 Å². The molecule has 0 saturated carbocycles. The van der Waals surface area contributed by atoms with E-state index >= 15 is 0 Å². The highest BCUT2D eigenvalue weighted by Crippen LogP contribution is 2.38. The topological polar surface area (TPSA) is 166 Å². The van der Waals surface area contributed by atoms with Gasteiger partial charge in [0.15, 0.2) is 0 Å². The van der Waals surface area contributed by atoms with Gasteiger partial charge in [-0.15, -0.1) is 0 Å². The van der Waals surface area contributed by atoms with Gasteiger partial charge in [0.1, 0.15) is 5.75 Å². The van der Waals surface area contributed by atoms with Crippen molar-refractivity contribution in [2.75, 3.05) is 91.9 Å². The molecular weight excluding hydrogens is 834 g/mol. The second-order valence-electron chi connectivity index (χ2n) is 16.5. The van der Waals surface area contributed by atoms with Crippen LogP contribution in [0.2, 0.25) is 0 Å². The van der Waals surface area contributed by atoms with Gasteiger partial charge < -0.3 is 25.4 Å². The molecule has 2 fully saturated rings. The monoisotopic (exact) mass is 894 g/mol. The van der Waals surface area contributed by atoms with Gasteiger partial charge in [0.25, 0.3) is 0 Å². The van der Waals surface area contributed by atoms with Crippen LogP contribution in [0.15, 0.2) is 60.7 Å². The predicted octanol–water partition coefficient (Wildman–Crippen LogP) is 5.89. The fraction of sp³-hybridized carbons (Fsp3) is 0.489. The number of hydrogen-bond donors (Lipinski definition) is 4. The number of alkyl halides is 3. The van der Waals surface area contributed by atoms with Gasteiger partial charge >= 0.3 is 24.1 Å². The van der Waals surface area contributed by atoms with E-state index in [0.717, 1.165) is 54.6 Å². The van der Waals surface area contributed by atoms with Gasteiger partial charge in [-0.1, -0.05) is 67.1 Å². The number of unbranched alkanes of at least 4 members (excludes halogenated alkanes) is 2. The lowest BCUT2D eigenvalue weighted by Gasteiger charge is -2.36. The number of likely N-dealkylation sites (tertiary alicyclic amines) is 1. The molecule has 0 atom stereocenters. The lowest BCUT2D eigenvalue weighted by Crippen LogP contribution is -2.54. The highest BCUT2D eigenvalue weighted by molar-refractivity contribution is 5.79. The number of nitrogens with one attached hydrogen (secondary N) is 1. The molecule has 0 aromatic heterocycles. The third-order valence-electron chi connectivity index (χ3n) is 11.4. The first-order valence-corrected chi connectivity index (χ1v) is 21.9. The van der Waals surface area contributed by atoms with Crippen LogP contribution in [0.25, 0.3) is 23.3 Å². The quantitative estimate of drug-likeness (QED) is 0.0785. The number of halogens is 3. The molecule has 2 heterocycles. The Labute approximate surface area is 372 Å². The van der Waals surface area contributed by atoms with Crippen LogP contribution in [-0.4, -0.2) is 156 Å². The number of benzene rings is 3. The zero-order chi connectivity index (χ0) is 46.1. The lowest BCUT2D eigenvalue weighted by molar-refractivity contribution is -0.142. The fourth-order valence-electron chi connectivity index (χ4n) is 8.18. The van der Waals surface area contributed by atoms with Gasteiger partial charge in [-0.05, 0) is 92.1 Å². The number of carboxylic acids is 3. The predicted molar refractivity (Wildman–Crippen MR) is 237 cm³/mol. The molecule has 4 N–H and O–H groups in total. The van der Waals surface area contributed by atoms with Gasteiger partial charge in [0.2, 0.25) is 5.91 Å². The van der Waals surface area contributed by atoms with Crippen molar-refractivity contribution < 1.29 is 52.4 Å². The highest BCUT2D eigenvalue weighted by atomic mass is 19.4. The smallest absolute Gasteiger partial charge is 0.417 e. The van der Waals surface area contributed by atoms with Crippen LogP contribution >= 0.6 is 0 Å². The molecule has 3 aromatic rings. The molecule has 1 amide bonds. The van der Waals surface area contributed by atoms with Crippen LogP contribution in [0.5, 0.6) is 5.75 Å². The Bertz CT molecular complexity index is 2020. The first-order valence-electron chi connectivity index (χ1n) is 21.9. The summed E-state index contributed by atoms with van der Waals surface area (Å²) in [5.41, 5.74) is 3.56. The largest absolute Gasteiger partial charge is 0.493 e. The Morgan fingerprint density at radius 2 is 1.28 bits per heavy atom. The van der Waals surface area contributed by atoms with Crippen molar-refractivity contribution in [3.8, 4) is 16.9 Å². The minimum absolute atomic E-state index is 0.0145. The molecule has 0 aliphatic carbocycles. The summed E-state index contributed by atoms with van der Waals surface area (Å²) in [6.45, 7) is 4.39. The van der Waals surface area contributed by atoms with Gasteiger partial charge in [-0.2, -0.15) is 13.2 Å². The zero-order valence-corrected chi connectivity index (χ0v) is 36.5. The molecule has 0 radical (unpaired) electrons. The molecule has 64 heavy (non-hydrogen) atoms. The molecule has 3 aromatic carbocycles. The molecule has 2 aliphatic rings. The van der Waals surface area contributed by atoms with Crippen LogP contribution in [-0.2, 0) is 31.9 Å². The SMILES string of the molecule is Cc1c(/C=C/c2cc(OCCCCCNC(=O)CN3CN(CC(=O)O)CCN(CC(=O)O)CCN(CC(=O)O)C3)c(CN3CCCCC3)cc2C(F)(F)F)cccc1-c1ccccc1. The first-order chi connectivity index (χ1) is 30.6. The summed E-state index contributed by atoms with van der Waals surface area (Å²) in [7, 11) is 0. The molecule has 348 valence electrons. The molecular formula is C47H61F3N6O8. The van der Waals surface area contributed by atoms with Crippen molar-refractivity contribution in [2.45, 2.75) is 58.2 Å². The minimum Gasteiger partial charge on any atom is -0.493 e. The Balaban J connectivity index is 1.21. The molecule has 5 rings (SSSR count). The Morgan fingerprint density at radius 3 is 1.91 bits per heavy atom. The van der Waals surface area contributed by atoms with Gasteiger partial charge in [0, 0.05) is 44.8 Å². The number of piperidine rings is 1. The summed E-state index contributed by atoms with van der Waals surface area (Å²) in [4.78, 5) is 56.5. The van der Waals surface area contributed by atoms with E-state index in [-0.39, 0.29) is 83.8 Å². The van der Waals surface area contributed by atoms with E-state index in [1.807, 2.05) is 55.5 Å². The Kier molecular flexibility index (Phi) is 19.1. The maximum Gasteiger partial charge on any atom is 0.417 e. The average Bonchev–Trinajstić information content (AvgIpc) is 3.23. The van der Waals surface area contributed by atoms with Crippen molar-refractivity contribution in [3.05, 3.63) is 88.5 Å². The maximum atomic E-state index is 14.7. The highest BCUT2D eigenvalue weighted by Gasteiger charge is 2.34. The van der Waals surface area contributed by atoms with Crippen LogP contribution in [0.3, 0.4) is 0 Å². The number of ether oxygens (including phenoxy) is 1. The van der Waals surface area contributed by atoms with E-state index in [0.29, 0.717) is 43.7 Å². The molecule has 14 nitrogen and oxygen atoms in total. The maximum absolute atomic E-state index is 14.7. The number of rotatable bonds is 20. The van der Waals surface area contributed by atoms with Crippen molar-refractivity contribution in [1.29, 1.82) is 0 Å². The van der Waals surface area contributed by atoms with Crippen LogP contribution in [0.1, 0.15) is 66.3 Å². The normalized spacial score (nSPS) is 16.8. The molecule has 2 saturated heterocycles. The average molecular weight is 895 g/mol. The third-order valence-corrected chi connectivity index (χ3v) is 11.4. The summed E-state index contributed by atoms with van der Waals surface area (Å²) >= 11 is 0. The van der Waals surface area contributed by atoms with E-state index in [1.54, 1.807) is 25.7 Å². The number of carboxylic acid groups (broad SMARTS) is 3. The van der Waals surface area contributed by atoms with Crippen LogP contribution in [0, 0.1) is 6.92 Å². The number of carbonyl (C=O) groups is 4. The van der Waals surface area contributed by atoms with Crippen molar-refractivity contribution in [1.82, 2.24) is 29.8 Å². The van der Waals surface area contributed by atoms with E-state index < -0.39 is 29.6 Å². The Hall–Kier alpha value is -5.33. The lowest BCUT2D eigenvalue weighted by atomic mass is 9.95. The first kappa shape index (κ1) is 49.7. The molecule has 17 heteroatoms. The van der Waals surface area contributed by atoms with Crippen molar-refractivity contribution >= 4 is 36.0 Å². The second kappa shape index (κ2) is 24.7. The molecule has 0 unspecified atom stereocenters. The number of aliphatic carboxylic acids is 3. The second-order valence-corrected chi connectivity index (χ2v) is 16.5. The van der Waals surface area contributed by atoms with Gasteiger partial charge in [-0.25, -0.2) is 0 Å². The van der Waals surface area contributed by atoms with E-state index in [4.69, 9.17) is 4.74 Å². The van der Waals surface area contributed by atoms with Crippen molar-refractivity contribution in [2.24, 2.45) is 0 Å². The molecule has 2 aliphatic heterocycles. The summed E-state index contributed by atoms with van der Waals surface area (Å²) in [5.74, 6) is -3.17. The van der Waals surface area contributed by atoms with Gasteiger partial charge in [0.05, 0.1) is 51.7 Å². The summed E-state index contributed by atoms with van der Waals surface area (Å²) in [6, 6.07) is 18.4. The Morgan fingerprint density at radius 1 is 0.672 bits per heavy atom. The number of carbonyl (C=O) groups excluding carboxylic acids is 1. The van der Waals surface area contributed by atoms with E-state index in [1.165, 1.54) is 18.2 Å². The summed E-state index contributed by atoms with van der Waals surface area (Å²) in [5, 5.41) is 31.3. The third kappa shape index (κ3) is 16.3. The zero-order valence-electron chi connectivity index (χ0n) is 36.5. The van der Waals surface area contributed by atoms with E-state index in [2.05, 4.69) is 10.2 Å². The fourth-order valence-corrected chi connectivity index (χ4v) is 8.18. The summed E-state index contributed by atoms with van der Waals surface area (Å²) in [6.07, 6.45) is 3.54. The number of nitrogens with zero attached hydrogens (tertiary/aromatic N) is 5. The number of amides is 1. The minimum atomic E-state index is -4.59. The van der Waals surface area contributed by atoms with Crippen molar-refractivity contribution in [3.63, 3.8) is 0 Å². The molecule has 0 spiro atoms. The number of hydrogen-bond acceptors (Lipinski definition) is 10. The van der Waals surface area contributed by atoms with E-state index in [9.17, 15) is 47.7 Å². The van der Waals surface area contributed by atoms with Gasteiger partial charge in [-0.3, -0.25) is 43.7 Å². The summed E-state index contributed by atoms with van der Waals surface area (Å²) < 4.78 is 50.3.